The van der Waals surface area contributed by atoms with Crippen molar-refractivity contribution in [2.45, 2.75) is 0 Å². The molecule has 3 rings (SSSR count). The highest BCUT2D eigenvalue weighted by atomic mass is 35.5. The van der Waals surface area contributed by atoms with Crippen molar-refractivity contribution in [1.82, 2.24) is 19.4 Å². The zero-order valence-electron chi connectivity index (χ0n) is 10.0. The molecule has 0 fully saturated rings. The number of halogens is 1. The predicted molar refractivity (Wildman–Crippen MR) is 71.4 cm³/mol. The summed E-state index contributed by atoms with van der Waals surface area (Å²) in [5.41, 5.74) is 1.48. The molecule has 0 atom stereocenters. The average molecular weight is 276 g/mol. The van der Waals surface area contributed by atoms with Crippen molar-refractivity contribution < 1.29 is 4.79 Å². The molecule has 0 aliphatic carbocycles. The van der Waals surface area contributed by atoms with Gasteiger partial charge in [-0.1, -0.05) is 17.7 Å². The maximum atomic E-state index is 12.1. The lowest BCUT2D eigenvalue weighted by molar-refractivity contribution is 0.102. The third-order valence-corrected chi connectivity index (χ3v) is 3.03. The quantitative estimate of drug-likeness (QED) is 0.778. The van der Waals surface area contributed by atoms with Crippen LogP contribution in [0.15, 0.2) is 36.8 Å². The van der Waals surface area contributed by atoms with E-state index < -0.39 is 0 Å². The number of hydrogen-bond donors (Lipinski definition) is 1. The first kappa shape index (κ1) is 11.7. The van der Waals surface area contributed by atoms with Crippen LogP contribution in [0.25, 0.3) is 5.52 Å². The van der Waals surface area contributed by atoms with Crippen LogP contribution in [-0.4, -0.2) is 25.3 Å². The Kier molecular flexibility index (Phi) is 2.72. The van der Waals surface area contributed by atoms with Crippen LogP contribution in [0.2, 0.25) is 5.02 Å². The monoisotopic (exact) mass is 275 g/mol. The molecule has 3 aromatic rings. The van der Waals surface area contributed by atoms with E-state index in [0.29, 0.717) is 16.2 Å². The Morgan fingerprint density at radius 1 is 1.42 bits per heavy atom. The van der Waals surface area contributed by atoms with Crippen LogP contribution in [0.3, 0.4) is 0 Å². The first-order chi connectivity index (χ1) is 9.15. The number of carbonyl (C=O) groups is 1. The maximum absolute atomic E-state index is 12.1. The molecule has 3 aromatic heterocycles. The van der Waals surface area contributed by atoms with Crippen LogP contribution in [0.1, 0.15) is 10.5 Å². The van der Waals surface area contributed by atoms with E-state index in [-0.39, 0.29) is 11.6 Å². The van der Waals surface area contributed by atoms with E-state index in [9.17, 15) is 4.79 Å². The second-order valence-corrected chi connectivity index (χ2v) is 4.43. The third kappa shape index (κ3) is 2.06. The predicted octanol–water partition coefficient (Wildman–Crippen LogP) is 1.97. The molecule has 0 bridgehead atoms. The number of amides is 1. The van der Waals surface area contributed by atoms with Gasteiger partial charge >= 0.3 is 0 Å². The molecule has 0 unspecified atom stereocenters. The first-order valence-corrected chi connectivity index (χ1v) is 5.96. The van der Waals surface area contributed by atoms with Gasteiger partial charge in [-0.05, 0) is 12.1 Å². The number of aryl methyl sites for hydroxylation is 1. The molecule has 0 aromatic carbocycles. The SMILES string of the molecule is Cn1cc(NC(=O)c2nn3ccccc3c2Cl)cn1. The molecule has 0 aliphatic rings. The van der Waals surface area contributed by atoms with Crippen LogP contribution < -0.4 is 5.32 Å². The van der Waals surface area contributed by atoms with Crippen molar-refractivity contribution in [3.63, 3.8) is 0 Å². The second kappa shape index (κ2) is 4.40. The third-order valence-electron chi connectivity index (χ3n) is 2.66. The van der Waals surface area contributed by atoms with Crippen molar-refractivity contribution in [1.29, 1.82) is 0 Å². The smallest absolute Gasteiger partial charge is 0.277 e. The Morgan fingerprint density at radius 3 is 2.95 bits per heavy atom. The van der Waals surface area contributed by atoms with Gasteiger partial charge < -0.3 is 5.32 Å². The molecule has 3 heterocycles. The summed E-state index contributed by atoms with van der Waals surface area (Å²) in [6, 6.07) is 5.46. The van der Waals surface area contributed by atoms with Gasteiger partial charge in [0.1, 0.15) is 0 Å². The van der Waals surface area contributed by atoms with Gasteiger partial charge in [-0.15, -0.1) is 0 Å². The zero-order valence-corrected chi connectivity index (χ0v) is 10.8. The van der Waals surface area contributed by atoms with E-state index in [0.717, 1.165) is 0 Å². The van der Waals surface area contributed by atoms with E-state index in [1.165, 1.54) is 0 Å². The number of rotatable bonds is 2. The molecule has 96 valence electrons. The molecular weight excluding hydrogens is 266 g/mol. The highest BCUT2D eigenvalue weighted by molar-refractivity contribution is 6.37. The number of aromatic nitrogens is 4. The van der Waals surface area contributed by atoms with Crippen molar-refractivity contribution >= 4 is 28.7 Å². The molecule has 6 nitrogen and oxygen atoms in total. The Labute approximate surface area is 113 Å². The van der Waals surface area contributed by atoms with Crippen molar-refractivity contribution in [2.75, 3.05) is 5.32 Å². The van der Waals surface area contributed by atoms with Gasteiger partial charge in [0.2, 0.25) is 0 Å². The average Bonchev–Trinajstić information content (AvgIpc) is 2.94. The highest BCUT2D eigenvalue weighted by Crippen LogP contribution is 2.22. The van der Waals surface area contributed by atoms with Crippen molar-refractivity contribution in [3.05, 3.63) is 47.5 Å². The largest absolute Gasteiger partial charge is 0.318 e. The molecule has 1 amide bonds. The number of hydrogen-bond acceptors (Lipinski definition) is 3. The van der Waals surface area contributed by atoms with Crippen LogP contribution in [-0.2, 0) is 7.05 Å². The van der Waals surface area contributed by atoms with E-state index in [2.05, 4.69) is 15.5 Å². The Balaban J connectivity index is 1.95. The summed E-state index contributed by atoms with van der Waals surface area (Å²) >= 11 is 6.16. The fraction of sp³-hybridized carbons (Fsp3) is 0.0833. The summed E-state index contributed by atoms with van der Waals surface area (Å²) in [6.45, 7) is 0. The number of fused-ring (bicyclic) bond motifs is 1. The molecule has 0 spiro atoms. The fourth-order valence-electron chi connectivity index (χ4n) is 1.79. The fourth-order valence-corrected chi connectivity index (χ4v) is 2.06. The summed E-state index contributed by atoms with van der Waals surface area (Å²) < 4.78 is 3.17. The van der Waals surface area contributed by atoms with Crippen molar-refractivity contribution in [3.8, 4) is 0 Å². The van der Waals surface area contributed by atoms with E-state index in [4.69, 9.17) is 11.6 Å². The lowest BCUT2D eigenvalue weighted by Crippen LogP contribution is -2.12. The number of anilines is 1. The number of carbonyl (C=O) groups excluding carboxylic acids is 1. The molecule has 1 N–H and O–H groups in total. The van der Waals surface area contributed by atoms with Gasteiger partial charge in [0.15, 0.2) is 5.69 Å². The molecule has 0 saturated heterocycles. The van der Waals surface area contributed by atoms with Crippen LogP contribution in [0.5, 0.6) is 0 Å². The lowest BCUT2D eigenvalue weighted by atomic mass is 10.3. The minimum Gasteiger partial charge on any atom is -0.318 e. The highest BCUT2D eigenvalue weighted by Gasteiger charge is 2.18. The van der Waals surface area contributed by atoms with Gasteiger partial charge in [0.05, 0.1) is 22.4 Å². The summed E-state index contributed by atoms with van der Waals surface area (Å²) in [4.78, 5) is 12.1. The summed E-state index contributed by atoms with van der Waals surface area (Å²) in [5, 5.41) is 11.2. The first-order valence-electron chi connectivity index (χ1n) is 5.58. The van der Waals surface area contributed by atoms with Crippen LogP contribution >= 0.6 is 11.6 Å². The minimum atomic E-state index is -0.360. The maximum Gasteiger partial charge on any atom is 0.277 e. The Bertz CT molecular complexity index is 760. The van der Waals surface area contributed by atoms with E-state index >= 15 is 0 Å². The van der Waals surface area contributed by atoms with Gasteiger partial charge in [-0.25, -0.2) is 4.52 Å². The van der Waals surface area contributed by atoms with Crippen LogP contribution in [0, 0.1) is 0 Å². The van der Waals surface area contributed by atoms with Gasteiger partial charge in [0.25, 0.3) is 5.91 Å². The number of nitrogens with zero attached hydrogens (tertiary/aromatic N) is 4. The Morgan fingerprint density at radius 2 is 2.26 bits per heavy atom. The van der Waals surface area contributed by atoms with Gasteiger partial charge in [-0.2, -0.15) is 10.2 Å². The zero-order chi connectivity index (χ0) is 13.4. The minimum absolute atomic E-state index is 0.191. The number of pyridine rings is 1. The summed E-state index contributed by atoms with van der Waals surface area (Å²) in [7, 11) is 1.77. The molecular formula is C12H10ClN5O. The van der Waals surface area contributed by atoms with Crippen molar-refractivity contribution in [2.24, 2.45) is 7.05 Å². The second-order valence-electron chi connectivity index (χ2n) is 4.05. The summed E-state index contributed by atoms with van der Waals surface area (Å²) in [6.07, 6.45) is 4.99. The molecule has 0 saturated carbocycles. The van der Waals surface area contributed by atoms with Gasteiger partial charge in [0, 0.05) is 19.4 Å². The number of nitrogens with one attached hydrogen (secondary N) is 1. The molecule has 0 radical (unpaired) electrons. The topological polar surface area (TPSA) is 64.2 Å². The van der Waals surface area contributed by atoms with Crippen LogP contribution in [0.4, 0.5) is 5.69 Å². The normalized spacial score (nSPS) is 10.8. The lowest BCUT2D eigenvalue weighted by Gasteiger charge is -1.98. The molecule has 7 heteroatoms. The standard InChI is InChI=1S/C12H10ClN5O/c1-17-7-8(6-14-17)15-12(19)11-10(13)9-4-2-3-5-18(9)16-11/h2-7H,1H3,(H,15,19). The van der Waals surface area contributed by atoms with Gasteiger partial charge in [-0.3, -0.25) is 9.48 Å². The molecule has 19 heavy (non-hydrogen) atoms. The van der Waals surface area contributed by atoms with E-state index in [1.54, 1.807) is 40.9 Å². The van der Waals surface area contributed by atoms with E-state index in [1.807, 2.05) is 12.1 Å². The Hall–Kier alpha value is -2.34. The molecule has 0 aliphatic heterocycles. The summed E-state index contributed by atoms with van der Waals surface area (Å²) in [5.74, 6) is -0.360.